The molecule has 1 aromatic carbocycles. The van der Waals surface area contributed by atoms with E-state index in [1.807, 2.05) is 6.92 Å². The van der Waals surface area contributed by atoms with Gasteiger partial charge in [0.05, 0.1) is 21.7 Å². The molecule has 0 bridgehead atoms. The molecule has 0 unspecified atom stereocenters. The predicted octanol–water partition coefficient (Wildman–Crippen LogP) is 3.43. The Labute approximate surface area is 209 Å². The minimum atomic E-state index is -4.51. The van der Waals surface area contributed by atoms with Gasteiger partial charge in [0.1, 0.15) is 6.07 Å². The first-order valence-electron chi connectivity index (χ1n) is 11.7. The van der Waals surface area contributed by atoms with Crippen LogP contribution >= 0.6 is 0 Å². The average Bonchev–Trinajstić information content (AvgIpc) is 2.84. The highest BCUT2D eigenvalue weighted by molar-refractivity contribution is 7.89. The maximum Gasteiger partial charge on any atom is 0.419 e. The van der Waals surface area contributed by atoms with Crippen molar-refractivity contribution >= 4 is 21.7 Å². The zero-order valence-corrected chi connectivity index (χ0v) is 21.0. The van der Waals surface area contributed by atoms with Crippen LogP contribution in [0.2, 0.25) is 0 Å². The number of piperidine rings is 1. The largest absolute Gasteiger partial charge is 0.419 e. The van der Waals surface area contributed by atoms with Gasteiger partial charge in [-0.25, -0.2) is 18.4 Å². The SMILES string of the molecule is CCCNC[C@H](C)Nc1cc(S(=O)(=O)N2CCC(Nc3ncc(C(F)(F)F)cn3)CC2)ccc1C#N. The standard InChI is InChI=1S/C23H30F3N7O2S/c1-3-8-28-13-16(2)31-21-11-20(5-4-17(21)12-27)36(34,35)33-9-6-19(7-10-33)32-22-29-14-18(15-30-22)23(24,25)26/h4-5,11,14-16,19,28,31H,3,6-10,13H2,1-2H3,(H,29,30,32)/t16-/m0/s1. The number of aromatic nitrogens is 2. The minimum absolute atomic E-state index is 0.0177. The lowest BCUT2D eigenvalue weighted by Crippen LogP contribution is -2.42. The van der Waals surface area contributed by atoms with Gasteiger partial charge in [-0.1, -0.05) is 6.92 Å². The molecule has 196 valence electrons. The van der Waals surface area contributed by atoms with E-state index in [4.69, 9.17) is 0 Å². The molecule has 0 radical (unpaired) electrons. The van der Waals surface area contributed by atoms with Crippen LogP contribution in [0.3, 0.4) is 0 Å². The number of anilines is 2. The second kappa shape index (κ2) is 11.9. The summed E-state index contributed by atoms with van der Waals surface area (Å²) in [6, 6.07) is 6.32. The van der Waals surface area contributed by atoms with E-state index in [1.54, 1.807) is 0 Å². The van der Waals surface area contributed by atoms with Crippen LogP contribution in [0.5, 0.6) is 0 Å². The first-order chi connectivity index (χ1) is 17.0. The van der Waals surface area contributed by atoms with Crippen molar-refractivity contribution in [2.24, 2.45) is 0 Å². The van der Waals surface area contributed by atoms with Crippen molar-refractivity contribution in [3.05, 3.63) is 41.7 Å². The van der Waals surface area contributed by atoms with Crippen molar-refractivity contribution < 1.29 is 21.6 Å². The predicted molar refractivity (Wildman–Crippen MR) is 130 cm³/mol. The van der Waals surface area contributed by atoms with Crippen molar-refractivity contribution in [1.29, 1.82) is 5.26 Å². The molecular weight excluding hydrogens is 495 g/mol. The molecule has 1 fully saturated rings. The topological polar surface area (TPSA) is 123 Å². The fraction of sp³-hybridized carbons (Fsp3) is 0.522. The third-order valence-corrected chi connectivity index (χ3v) is 7.69. The number of nitriles is 1. The van der Waals surface area contributed by atoms with Crippen molar-refractivity contribution in [2.75, 3.05) is 36.8 Å². The number of rotatable bonds is 10. The van der Waals surface area contributed by atoms with Crippen LogP contribution in [-0.4, -0.2) is 61.0 Å². The minimum Gasteiger partial charge on any atom is -0.380 e. The van der Waals surface area contributed by atoms with Crippen molar-refractivity contribution in [2.45, 2.75) is 56.3 Å². The first-order valence-corrected chi connectivity index (χ1v) is 13.2. The molecule has 1 aliphatic heterocycles. The molecule has 0 aliphatic carbocycles. The molecule has 13 heteroatoms. The van der Waals surface area contributed by atoms with E-state index in [-0.39, 0.29) is 36.0 Å². The summed E-state index contributed by atoms with van der Waals surface area (Å²) >= 11 is 0. The van der Waals surface area contributed by atoms with Crippen LogP contribution in [0.25, 0.3) is 0 Å². The lowest BCUT2D eigenvalue weighted by Gasteiger charge is -2.31. The third kappa shape index (κ3) is 7.05. The van der Waals surface area contributed by atoms with Gasteiger partial charge in [0, 0.05) is 44.1 Å². The van der Waals surface area contributed by atoms with E-state index in [0.29, 0.717) is 43.0 Å². The molecule has 2 aromatic rings. The molecule has 0 saturated carbocycles. The van der Waals surface area contributed by atoms with Gasteiger partial charge in [-0.3, -0.25) is 0 Å². The molecule has 9 nitrogen and oxygen atoms in total. The first kappa shape index (κ1) is 27.6. The number of hydrogen-bond acceptors (Lipinski definition) is 8. The summed E-state index contributed by atoms with van der Waals surface area (Å²) in [5, 5.41) is 18.9. The second-order valence-corrected chi connectivity index (χ2v) is 10.6. The molecule has 1 aliphatic rings. The van der Waals surface area contributed by atoms with Crippen LogP contribution in [0, 0.1) is 11.3 Å². The molecule has 1 atom stereocenters. The zero-order chi connectivity index (χ0) is 26.3. The smallest absolute Gasteiger partial charge is 0.380 e. The third-order valence-electron chi connectivity index (χ3n) is 5.79. The summed E-state index contributed by atoms with van der Waals surface area (Å²) in [6.45, 7) is 5.99. The highest BCUT2D eigenvalue weighted by atomic mass is 32.2. The molecule has 1 aromatic heterocycles. The number of benzene rings is 1. The Hall–Kier alpha value is -2.95. The van der Waals surface area contributed by atoms with E-state index < -0.39 is 21.8 Å². The van der Waals surface area contributed by atoms with Gasteiger partial charge in [-0.2, -0.15) is 22.7 Å². The summed E-state index contributed by atoms with van der Waals surface area (Å²) in [5.74, 6) is 0.0645. The molecule has 0 spiro atoms. The monoisotopic (exact) mass is 525 g/mol. The quantitative estimate of drug-likeness (QED) is 0.403. The fourth-order valence-electron chi connectivity index (χ4n) is 3.83. The molecule has 3 N–H and O–H groups in total. The van der Waals surface area contributed by atoms with Crippen LogP contribution < -0.4 is 16.0 Å². The summed E-state index contributed by atoms with van der Waals surface area (Å²) < 4.78 is 66.0. The summed E-state index contributed by atoms with van der Waals surface area (Å²) in [7, 11) is -3.80. The van der Waals surface area contributed by atoms with Crippen LogP contribution in [0.1, 0.15) is 44.2 Å². The Morgan fingerprint density at radius 3 is 2.47 bits per heavy atom. The number of alkyl halides is 3. The lowest BCUT2D eigenvalue weighted by atomic mass is 10.1. The van der Waals surface area contributed by atoms with Gasteiger partial charge < -0.3 is 16.0 Å². The maximum atomic E-state index is 13.3. The molecule has 2 heterocycles. The Morgan fingerprint density at radius 2 is 1.89 bits per heavy atom. The van der Waals surface area contributed by atoms with E-state index >= 15 is 0 Å². The number of hydrogen-bond donors (Lipinski definition) is 3. The maximum absolute atomic E-state index is 13.3. The van der Waals surface area contributed by atoms with Crippen molar-refractivity contribution in [1.82, 2.24) is 19.6 Å². The van der Waals surface area contributed by atoms with E-state index in [0.717, 1.165) is 13.0 Å². The molecule has 36 heavy (non-hydrogen) atoms. The Bertz CT molecular complexity index is 1160. The average molecular weight is 526 g/mol. The lowest BCUT2D eigenvalue weighted by molar-refractivity contribution is -0.138. The van der Waals surface area contributed by atoms with Crippen LogP contribution in [-0.2, 0) is 16.2 Å². The van der Waals surface area contributed by atoms with Gasteiger partial charge in [0.15, 0.2) is 0 Å². The Balaban J connectivity index is 1.63. The van der Waals surface area contributed by atoms with Crippen LogP contribution in [0.15, 0.2) is 35.5 Å². The normalized spacial score (nSPS) is 16.3. The molecule has 3 rings (SSSR count). The molecule has 0 amide bonds. The highest BCUT2D eigenvalue weighted by Gasteiger charge is 2.32. The number of nitrogens with zero attached hydrogens (tertiary/aromatic N) is 4. The van der Waals surface area contributed by atoms with Gasteiger partial charge in [0.25, 0.3) is 0 Å². The van der Waals surface area contributed by atoms with Crippen molar-refractivity contribution in [3.63, 3.8) is 0 Å². The Morgan fingerprint density at radius 1 is 1.22 bits per heavy atom. The van der Waals surface area contributed by atoms with Crippen molar-refractivity contribution in [3.8, 4) is 6.07 Å². The summed E-state index contributed by atoms with van der Waals surface area (Å²) in [6.07, 6.45) is -1.22. The van der Waals surface area contributed by atoms with Gasteiger partial charge in [-0.15, -0.1) is 0 Å². The van der Waals surface area contributed by atoms with Gasteiger partial charge in [0.2, 0.25) is 16.0 Å². The Kier molecular flexibility index (Phi) is 9.10. The fourth-order valence-corrected chi connectivity index (χ4v) is 5.33. The summed E-state index contributed by atoms with van der Waals surface area (Å²) in [5.41, 5.74) is -0.118. The van der Waals surface area contributed by atoms with Crippen LogP contribution in [0.4, 0.5) is 24.8 Å². The number of nitrogens with one attached hydrogen (secondary N) is 3. The summed E-state index contributed by atoms with van der Waals surface area (Å²) in [4.78, 5) is 7.52. The van der Waals surface area contributed by atoms with Gasteiger partial charge >= 0.3 is 6.18 Å². The van der Waals surface area contributed by atoms with E-state index in [9.17, 15) is 26.9 Å². The van der Waals surface area contributed by atoms with E-state index in [1.165, 1.54) is 22.5 Å². The number of sulfonamides is 1. The molecule has 1 saturated heterocycles. The zero-order valence-electron chi connectivity index (χ0n) is 20.1. The van der Waals surface area contributed by atoms with Gasteiger partial charge in [-0.05, 0) is 50.9 Å². The van der Waals surface area contributed by atoms with E-state index in [2.05, 4.69) is 38.9 Å². The molecular formula is C23H30F3N7O2S. The second-order valence-electron chi connectivity index (χ2n) is 8.68. The number of halogens is 3. The highest BCUT2D eigenvalue weighted by Crippen LogP contribution is 2.29.